The quantitative estimate of drug-likeness (QED) is 0.626. The number of rotatable bonds is 5. The average molecular weight is 367 g/mol. The Morgan fingerprint density at radius 1 is 1.27 bits per heavy atom. The van der Waals surface area contributed by atoms with Crippen LogP contribution in [0.4, 0.5) is 5.69 Å². The lowest BCUT2D eigenvalue weighted by atomic mass is 10.1. The van der Waals surface area contributed by atoms with Gasteiger partial charge in [-0.05, 0) is 43.2 Å². The standard InChI is InChI=1S/C19H21N5OS/c1-3-16-12-21-19(26-16)22-15-9-7-14(8-10-15)13(2)23-24-18(25)17-6-4-5-11-20-17/h4-11,16H,3,12H2,1-2H3,(H,21,22)(H,24,25)/b23-13-/t16-/m0/s1. The zero-order chi connectivity index (χ0) is 18.4. The van der Waals surface area contributed by atoms with Gasteiger partial charge in [0.15, 0.2) is 5.17 Å². The Morgan fingerprint density at radius 3 is 2.73 bits per heavy atom. The Hall–Kier alpha value is -2.67. The highest BCUT2D eigenvalue weighted by molar-refractivity contribution is 8.15. The van der Waals surface area contributed by atoms with Crippen LogP contribution in [0.5, 0.6) is 0 Å². The van der Waals surface area contributed by atoms with E-state index in [4.69, 9.17) is 0 Å². The third-order valence-corrected chi connectivity index (χ3v) is 5.22. The van der Waals surface area contributed by atoms with Crippen LogP contribution in [-0.2, 0) is 0 Å². The van der Waals surface area contributed by atoms with Crippen molar-refractivity contribution in [2.24, 2.45) is 10.1 Å². The summed E-state index contributed by atoms with van der Waals surface area (Å²) < 4.78 is 0. The summed E-state index contributed by atoms with van der Waals surface area (Å²) in [5, 5.41) is 9.04. The van der Waals surface area contributed by atoms with Gasteiger partial charge in [-0.3, -0.25) is 14.8 Å². The third kappa shape index (κ3) is 4.70. The smallest absolute Gasteiger partial charge is 0.289 e. The number of hydrazone groups is 1. The minimum absolute atomic E-state index is 0.329. The van der Waals surface area contributed by atoms with Crippen LogP contribution < -0.4 is 10.7 Å². The van der Waals surface area contributed by atoms with Gasteiger partial charge in [-0.2, -0.15) is 5.10 Å². The van der Waals surface area contributed by atoms with E-state index in [9.17, 15) is 4.79 Å². The number of aliphatic imine (C=N–C) groups is 1. The Kier molecular flexibility index (Phi) is 6.01. The highest BCUT2D eigenvalue weighted by Crippen LogP contribution is 2.24. The van der Waals surface area contributed by atoms with Gasteiger partial charge >= 0.3 is 0 Å². The fraction of sp³-hybridized carbons (Fsp3) is 0.263. The second-order valence-corrected chi connectivity index (χ2v) is 7.14. The van der Waals surface area contributed by atoms with Crippen LogP contribution in [0.1, 0.15) is 36.3 Å². The fourth-order valence-corrected chi connectivity index (χ4v) is 3.33. The zero-order valence-electron chi connectivity index (χ0n) is 14.8. The monoisotopic (exact) mass is 367 g/mol. The van der Waals surface area contributed by atoms with Crippen molar-refractivity contribution in [2.75, 3.05) is 11.9 Å². The molecule has 0 saturated carbocycles. The predicted molar refractivity (Wildman–Crippen MR) is 108 cm³/mol. The molecule has 2 heterocycles. The first-order valence-corrected chi connectivity index (χ1v) is 9.38. The maximum absolute atomic E-state index is 12.0. The number of aromatic nitrogens is 1. The number of hydrogen-bond donors (Lipinski definition) is 2. The number of nitrogens with one attached hydrogen (secondary N) is 2. The first-order chi connectivity index (χ1) is 12.7. The number of amidine groups is 1. The molecule has 1 atom stereocenters. The molecule has 0 aliphatic carbocycles. The second kappa shape index (κ2) is 8.62. The Morgan fingerprint density at radius 2 is 2.08 bits per heavy atom. The average Bonchev–Trinajstić information content (AvgIpc) is 3.14. The molecular formula is C19H21N5OS. The number of amides is 1. The molecule has 6 nitrogen and oxygen atoms in total. The van der Waals surface area contributed by atoms with Gasteiger partial charge in [0, 0.05) is 17.1 Å². The van der Waals surface area contributed by atoms with Crippen LogP contribution in [-0.4, -0.2) is 33.6 Å². The van der Waals surface area contributed by atoms with E-state index in [-0.39, 0.29) is 5.91 Å². The number of pyridine rings is 1. The first kappa shape index (κ1) is 18.1. The molecule has 134 valence electrons. The summed E-state index contributed by atoms with van der Waals surface area (Å²) in [4.78, 5) is 20.5. The highest BCUT2D eigenvalue weighted by Gasteiger charge is 2.17. The van der Waals surface area contributed by atoms with E-state index in [1.54, 1.807) is 36.2 Å². The first-order valence-electron chi connectivity index (χ1n) is 8.50. The van der Waals surface area contributed by atoms with Crippen molar-refractivity contribution in [3.8, 4) is 0 Å². The molecule has 0 unspecified atom stereocenters. The summed E-state index contributed by atoms with van der Waals surface area (Å²) in [6, 6.07) is 13.1. The van der Waals surface area contributed by atoms with Crippen molar-refractivity contribution >= 4 is 34.2 Å². The SMILES string of the molecule is CC[C@H]1CN=C(Nc2ccc(/C(C)=N\NC(=O)c3ccccn3)cc2)S1. The normalized spacial score (nSPS) is 16.9. The van der Waals surface area contributed by atoms with Gasteiger partial charge < -0.3 is 5.32 Å². The predicted octanol–water partition coefficient (Wildman–Crippen LogP) is 3.53. The van der Waals surface area contributed by atoms with E-state index in [1.807, 2.05) is 31.2 Å². The lowest BCUT2D eigenvalue weighted by Crippen LogP contribution is -2.20. The van der Waals surface area contributed by atoms with Gasteiger partial charge in [-0.15, -0.1) is 0 Å². The number of anilines is 1. The largest absolute Gasteiger partial charge is 0.335 e. The Balaban J connectivity index is 1.58. The lowest BCUT2D eigenvalue weighted by Gasteiger charge is -2.08. The molecule has 1 aliphatic rings. The van der Waals surface area contributed by atoms with Gasteiger partial charge in [-0.1, -0.05) is 36.9 Å². The van der Waals surface area contributed by atoms with Crippen LogP contribution in [0.2, 0.25) is 0 Å². The molecule has 0 fully saturated rings. The van der Waals surface area contributed by atoms with E-state index in [0.29, 0.717) is 10.9 Å². The topological polar surface area (TPSA) is 78.7 Å². The molecule has 2 N–H and O–H groups in total. The summed E-state index contributed by atoms with van der Waals surface area (Å²) in [5.74, 6) is -0.329. The summed E-state index contributed by atoms with van der Waals surface area (Å²) in [5.41, 5.74) is 5.51. The number of carbonyl (C=O) groups excluding carboxylic acids is 1. The molecule has 7 heteroatoms. The number of hydrogen-bond acceptors (Lipinski definition) is 6. The number of carbonyl (C=O) groups is 1. The van der Waals surface area contributed by atoms with Crippen LogP contribution in [0.25, 0.3) is 0 Å². The number of thioether (sulfide) groups is 1. The summed E-state index contributed by atoms with van der Waals surface area (Å²) in [7, 11) is 0. The lowest BCUT2D eigenvalue weighted by molar-refractivity contribution is 0.0950. The van der Waals surface area contributed by atoms with Gasteiger partial charge in [0.05, 0.1) is 12.3 Å². The molecule has 0 bridgehead atoms. The molecule has 26 heavy (non-hydrogen) atoms. The number of nitrogens with zero attached hydrogens (tertiary/aromatic N) is 3. The molecule has 1 aromatic carbocycles. The summed E-state index contributed by atoms with van der Waals surface area (Å²) in [6.07, 6.45) is 2.70. The van der Waals surface area contributed by atoms with Crippen molar-refractivity contribution in [1.29, 1.82) is 0 Å². The zero-order valence-corrected chi connectivity index (χ0v) is 15.6. The van der Waals surface area contributed by atoms with Crippen molar-refractivity contribution in [1.82, 2.24) is 10.4 Å². The highest BCUT2D eigenvalue weighted by atomic mass is 32.2. The minimum atomic E-state index is -0.329. The molecule has 0 spiro atoms. The van der Waals surface area contributed by atoms with Crippen molar-refractivity contribution in [3.05, 3.63) is 59.9 Å². The molecule has 0 saturated heterocycles. The van der Waals surface area contributed by atoms with Gasteiger partial charge in [0.25, 0.3) is 5.91 Å². The third-order valence-electron chi connectivity index (χ3n) is 3.95. The molecule has 1 amide bonds. The molecule has 1 aliphatic heterocycles. The van der Waals surface area contributed by atoms with Gasteiger partial charge in [0.1, 0.15) is 5.69 Å². The fourth-order valence-electron chi connectivity index (χ4n) is 2.37. The summed E-state index contributed by atoms with van der Waals surface area (Å²) >= 11 is 1.79. The number of benzene rings is 1. The molecule has 1 aromatic heterocycles. The van der Waals surface area contributed by atoms with E-state index in [0.717, 1.165) is 35.1 Å². The van der Waals surface area contributed by atoms with Crippen LogP contribution in [0.3, 0.4) is 0 Å². The summed E-state index contributed by atoms with van der Waals surface area (Å²) in [6.45, 7) is 4.91. The molecule has 2 aromatic rings. The van der Waals surface area contributed by atoms with Crippen LogP contribution in [0, 0.1) is 0 Å². The van der Waals surface area contributed by atoms with E-state index >= 15 is 0 Å². The van der Waals surface area contributed by atoms with Gasteiger partial charge in [0.2, 0.25) is 0 Å². The van der Waals surface area contributed by atoms with Crippen LogP contribution >= 0.6 is 11.8 Å². The van der Waals surface area contributed by atoms with Crippen LogP contribution in [0.15, 0.2) is 58.8 Å². The van der Waals surface area contributed by atoms with E-state index in [1.165, 1.54) is 0 Å². The van der Waals surface area contributed by atoms with E-state index < -0.39 is 0 Å². The Bertz CT molecular complexity index is 818. The maximum atomic E-state index is 12.0. The van der Waals surface area contributed by atoms with Gasteiger partial charge in [-0.25, -0.2) is 5.43 Å². The Labute approximate surface area is 157 Å². The molecule has 3 rings (SSSR count). The molecular weight excluding hydrogens is 346 g/mol. The van der Waals surface area contributed by atoms with Crippen molar-refractivity contribution in [3.63, 3.8) is 0 Å². The second-order valence-electron chi connectivity index (χ2n) is 5.85. The maximum Gasteiger partial charge on any atom is 0.289 e. The minimum Gasteiger partial charge on any atom is -0.335 e. The van der Waals surface area contributed by atoms with Crippen molar-refractivity contribution in [2.45, 2.75) is 25.5 Å². The van der Waals surface area contributed by atoms with E-state index in [2.05, 4.69) is 32.7 Å². The molecule has 0 radical (unpaired) electrons. The van der Waals surface area contributed by atoms with Crippen molar-refractivity contribution < 1.29 is 4.79 Å².